The maximum absolute atomic E-state index is 14.8. The van der Waals surface area contributed by atoms with E-state index in [1.165, 1.54) is 53.2 Å². The van der Waals surface area contributed by atoms with Crippen LogP contribution in [0.1, 0.15) is 120 Å². The van der Waals surface area contributed by atoms with Gasteiger partial charge in [0.1, 0.15) is 35.1 Å². The second-order valence-corrected chi connectivity index (χ2v) is 19.4. The van der Waals surface area contributed by atoms with E-state index < -0.39 is 114 Å². The maximum Gasteiger partial charge on any atom is 0.312 e. The number of Topliss-reactive ketones (excluding diaryl/α,β-unsaturated/α-hetero) is 2. The summed E-state index contributed by atoms with van der Waals surface area (Å²) in [7, 11) is 1.43. The van der Waals surface area contributed by atoms with Crippen molar-refractivity contribution in [2.45, 2.75) is 131 Å². The monoisotopic (exact) mass is 946 g/mol. The third kappa shape index (κ3) is 10.3. The molecule has 0 saturated carbocycles. The minimum absolute atomic E-state index is 0.00288. The molecule has 18 nitrogen and oxygen atoms in total. The molecule has 9 atom stereocenters. The van der Waals surface area contributed by atoms with Gasteiger partial charge in [0.05, 0.1) is 53.8 Å². The number of aromatic hydroxyl groups is 1. The molecule has 5 bridgehead atoms. The van der Waals surface area contributed by atoms with Gasteiger partial charge in [-0.05, 0) is 25.8 Å². The predicted octanol–water partition coefficient (Wildman–Crippen LogP) is 5.03. The number of carboxylic acids is 1. The summed E-state index contributed by atoms with van der Waals surface area (Å²) < 4.78 is 29.9. The topological polar surface area (TPSA) is 249 Å². The van der Waals surface area contributed by atoms with Gasteiger partial charge in [0.2, 0.25) is 5.78 Å². The smallest absolute Gasteiger partial charge is 0.312 e. The number of nitrogens with zero attached hydrogens (tertiary/aromatic N) is 2. The lowest BCUT2D eigenvalue weighted by molar-refractivity contribution is -0.166. The van der Waals surface area contributed by atoms with E-state index in [4.69, 9.17) is 28.7 Å². The minimum Gasteiger partial charge on any atom is -0.507 e. The van der Waals surface area contributed by atoms with E-state index in [0.717, 1.165) is 6.54 Å². The van der Waals surface area contributed by atoms with E-state index in [-0.39, 0.29) is 50.7 Å². The Morgan fingerprint density at radius 2 is 1.60 bits per heavy atom. The van der Waals surface area contributed by atoms with Crippen molar-refractivity contribution in [1.29, 1.82) is 0 Å². The number of carboxylic acid groups (broad SMARTS) is 1. The number of aliphatic hydroxyl groups is 1. The number of ketones is 2. The molecule has 5 aliphatic rings. The summed E-state index contributed by atoms with van der Waals surface area (Å²) in [6, 6.07) is 0. The number of allylic oxidation sites excluding steroid dienone is 4. The Morgan fingerprint density at radius 3 is 2.22 bits per heavy atom. The molecule has 0 aromatic heterocycles. The number of ether oxygens (including phenoxy) is 5. The summed E-state index contributed by atoms with van der Waals surface area (Å²) in [4.78, 5) is 88.3. The highest BCUT2D eigenvalue weighted by molar-refractivity contribution is 6.34. The maximum atomic E-state index is 14.8. The van der Waals surface area contributed by atoms with E-state index >= 15 is 0 Å². The van der Waals surface area contributed by atoms with Crippen LogP contribution in [0.25, 0.3) is 0 Å². The van der Waals surface area contributed by atoms with E-state index in [1.807, 2.05) is 0 Å². The minimum atomic E-state index is -2.02. The van der Waals surface area contributed by atoms with Crippen molar-refractivity contribution in [2.24, 2.45) is 34.6 Å². The summed E-state index contributed by atoms with van der Waals surface area (Å²) in [6.07, 6.45) is 3.46. The summed E-state index contributed by atoms with van der Waals surface area (Å²) in [5.74, 6) is -9.70. The first-order valence-corrected chi connectivity index (χ1v) is 23.3. The number of nitrogens with one attached hydrogen (secondary N) is 2. The number of esters is 2. The molecule has 1 aliphatic carbocycles. The van der Waals surface area contributed by atoms with Crippen LogP contribution >= 0.6 is 0 Å². The van der Waals surface area contributed by atoms with Crippen LogP contribution in [0.2, 0.25) is 0 Å². The van der Waals surface area contributed by atoms with Crippen LogP contribution in [0, 0.1) is 36.5 Å². The molecule has 0 unspecified atom stereocenters. The highest BCUT2D eigenvalue weighted by Gasteiger charge is 2.54. The van der Waals surface area contributed by atoms with E-state index in [9.17, 15) is 44.1 Å². The summed E-state index contributed by atoms with van der Waals surface area (Å²) in [5.41, 5.74) is -0.606. The van der Waals surface area contributed by atoms with Crippen LogP contribution in [0.5, 0.6) is 11.5 Å². The molecule has 0 radical (unpaired) electrons. The van der Waals surface area contributed by atoms with Gasteiger partial charge in [-0.25, -0.2) is 0 Å². The van der Waals surface area contributed by atoms with Crippen molar-refractivity contribution in [3.05, 3.63) is 69.8 Å². The number of carbonyl (C=O) groups is 6. The second kappa shape index (κ2) is 20.4. The molecule has 1 aromatic carbocycles. The third-order valence-corrected chi connectivity index (χ3v) is 13.7. The number of phenols is 1. The lowest BCUT2D eigenvalue weighted by Gasteiger charge is -2.39. The number of benzene rings is 1. The fraction of sp³-hybridized carbons (Fsp3) is 0.580. The van der Waals surface area contributed by atoms with Crippen molar-refractivity contribution >= 4 is 41.1 Å². The number of phenolic OH excluding ortho intramolecular Hbond substituents is 1. The summed E-state index contributed by atoms with van der Waals surface area (Å²) >= 11 is 0. The van der Waals surface area contributed by atoms with Crippen molar-refractivity contribution in [3.63, 3.8) is 0 Å². The van der Waals surface area contributed by atoms with Crippen LogP contribution in [0.4, 0.5) is 0 Å². The van der Waals surface area contributed by atoms with Crippen molar-refractivity contribution < 1.29 is 67.8 Å². The van der Waals surface area contributed by atoms with Crippen LogP contribution in [0.15, 0.2) is 52.5 Å². The Balaban J connectivity index is 1.49. The Hall–Kier alpha value is -5.85. The average molecular weight is 947 g/mol. The molecule has 18 heteroatoms. The van der Waals surface area contributed by atoms with Crippen molar-refractivity contribution in [1.82, 2.24) is 15.5 Å². The summed E-state index contributed by atoms with van der Waals surface area (Å²) in [5, 5.41) is 39.4. The molecule has 1 aromatic rings. The van der Waals surface area contributed by atoms with Crippen LogP contribution in [-0.2, 0) is 38.1 Å². The molecular formula is C50H66N4O14. The van der Waals surface area contributed by atoms with Crippen LogP contribution in [0.3, 0.4) is 0 Å². The normalized spacial score (nSPS) is 31.4. The van der Waals surface area contributed by atoms with E-state index in [0.29, 0.717) is 31.8 Å². The van der Waals surface area contributed by atoms with Gasteiger partial charge in [-0.3, -0.25) is 33.8 Å². The molecule has 5 N–H and O–H groups in total. The zero-order valence-electron chi connectivity index (χ0n) is 40.8. The van der Waals surface area contributed by atoms with Gasteiger partial charge in [-0.15, -0.1) is 0 Å². The second-order valence-electron chi connectivity index (χ2n) is 19.4. The first-order valence-electron chi connectivity index (χ1n) is 23.3. The number of aliphatic carboxylic acids is 1. The van der Waals surface area contributed by atoms with Crippen LogP contribution < -0.4 is 15.4 Å². The zero-order valence-corrected chi connectivity index (χ0v) is 40.8. The molecule has 4 aliphatic heterocycles. The Labute approximate surface area is 396 Å². The molecule has 370 valence electrons. The Morgan fingerprint density at radius 1 is 0.941 bits per heavy atom. The number of aliphatic imine (C=N–C) groups is 1. The number of rotatable bonds is 8. The van der Waals surface area contributed by atoms with Crippen molar-refractivity contribution in [3.8, 4) is 11.5 Å². The lowest BCUT2D eigenvalue weighted by Crippen LogP contribution is -2.50. The molecule has 68 heavy (non-hydrogen) atoms. The van der Waals surface area contributed by atoms with Gasteiger partial charge < -0.3 is 54.5 Å². The first-order chi connectivity index (χ1) is 31.9. The number of fused-ring (bicyclic) bond motifs is 3. The third-order valence-electron chi connectivity index (χ3n) is 13.7. The fourth-order valence-corrected chi connectivity index (χ4v) is 9.90. The van der Waals surface area contributed by atoms with E-state index in [2.05, 4.69) is 29.4 Å². The number of methoxy groups -OCH3 is 1. The number of piperidine rings is 1. The average Bonchev–Trinajstić information content (AvgIpc) is 3.78. The largest absolute Gasteiger partial charge is 0.507 e. The van der Waals surface area contributed by atoms with Gasteiger partial charge in [0, 0.05) is 93.8 Å². The number of amides is 1. The highest BCUT2D eigenvalue weighted by Crippen LogP contribution is 2.50. The molecular weight excluding hydrogens is 881 g/mol. The Kier molecular flexibility index (Phi) is 15.5. The number of likely N-dealkylation sites (tertiary alicyclic amines) is 1. The van der Waals surface area contributed by atoms with Gasteiger partial charge in [-0.2, -0.15) is 0 Å². The Bertz CT molecular complexity index is 2370. The SMILES string of the molecule is CO[C@H]1/C=C/O[C@@]2(C)Oc3c(C)c(O)c4c(c3C2=O)C2=NC3(CCN(CC(C)C)CC3)NC2=C(NC(=O)/C(C)=C\C=C\[C@H](C)[C@H](OC(=O)CCC(=O)O)[C@@H](C)[C@@H](O)[C@@H](C)[C@H](OC(C)=O)[C@@H]1C)C4=O. The number of hydrogen-bond acceptors (Lipinski definition) is 16. The van der Waals surface area contributed by atoms with Crippen LogP contribution in [-0.4, -0.2) is 124 Å². The molecule has 6 rings (SSSR count). The molecule has 1 saturated heterocycles. The zero-order chi connectivity index (χ0) is 50.2. The first kappa shape index (κ1) is 51.5. The molecule has 1 fully saturated rings. The number of aliphatic hydroxyl groups excluding tert-OH is 1. The standard InChI is InChI=1S/C50H66N4O14/c1-24(2)23-54-20-18-50(19-21-54)52-38-35-36-42(60)30(8)46-37(35)47(62)49(10,68-46)65-22-17-32(64-11)27(5)45(66-31(9)55)29(7)41(59)28(6)44(67-34(58)16-15-33(56)57)25(3)13-12-14-26(4)48(63)51-40(43(36)61)39(38)53-50/h12-14,17,22,24-25,27-29,32,41,44-45,53,59-60H,15-16,18-21,23H2,1-11H3,(H,51,63)(H,56,57)/b13-12+,22-17+,26-14-/t25-,27+,28-,29+,32-,41+,44-,45+,49-/m0/s1. The summed E-state index contributed by atoms with van der Waals surface area (Å²) in [6.45, 7) is 19.0. The molecule has 1 spiro atoms. The lowest BCUT2D eigenvalue weighted by atomic mass is 9.78. The van der Waals surface area contributed by atoms with Gasteiger partial charge >= 0.3 is 23.7 Å². The molecule has 1 amide bonds. The quantitative estimate of drug-likeness (QED) is 0.214. The fourth-order valence-electron chi connectivity index (χ4n) is 9.90. The van der Waals surface area contributed by atoms with Gasteiger partial charge in [0.15, 0.2) is 0 Å². The number of carbonyl (C=O) groups excluding carboxylic acids is 5. The molecule has 4 heterocycles. The number of hydrogen-bond donors (Lipinski definition) is 5. The predicted molar refractivity (Wildman–Crippen MR) is 248 cm³/mol. The van der Waals surface area contributed by atoms with E-state index in [1.54, 1.807) is 39.8 Å². The van der Waals surface area contributed by atoms with Gasteiger partial charge in [-0.1, -0.05) is 59.8 Å². The van der Waals surface area contributed by atoms with Crippen molar-refractivity contribution in [2.75, 3.05) is 26.7 Å². The highest BCUT2D eigenvalue weighted by atomic mass is 16.7. The van der Waals surface area contributed by atoms with Gasteiger partial charge in [0.25, 0.3) is 11.7 Å².